The highest BCUT2D eigenvalue weighted by Gasteiger charge is 2.01. The maximum Gasteiger partial charge on any atom is 0.206 e. The molecule has 0 radical (unpaired) electrons. The predicted octanol–water partition coefficient (Wildman–Crippen LogP) is 1.03. The lowest BCUT2D eigenvalue weighted by Gasteiger charge is -2.10. The van der Waals surface area contributed by atoms with Gasteiger partial charge in [0.2, 0.25) is 5.96 Å². The van der Waals surface area contributed by atoms with E-state index in [4.69, 9.17) is 15.3 Å². The van der Waals surface area contributed by atoms with Crippen LogP contribution in [0.5, 0.6) is 5.75 Å². The van der Waals surface area contributed by atoms with Gasteiger partial charge < -0.3 is 14.8 Å². The fourth-order valence-electron chi connectivity index (χ4n) is 1.68. The Morgan fingerprint density at radius 2 is 2.15 bits per heavy atom. The standard InChI is InChI=1S/C14H24N4O2/c1-3-20-10-6-9-16-14(18-15)17-11-12-7-4-5-8-13(12)19-2/h4-5,7-8H,3,6,9-11,15H2,1-2H3,(H2,16,17,18). The summed E-state index contributed by atoms with van der Waals surface area (Å²) in [7, 11) is 1.65. The first kappa shape index (κ1) is 16.3. The quantitative estimate of drug-likeness (QED) is 0.218. The van der Waals surface area contributed by atoms with Gasteiger partial charge in [-0.25, -0.2) is 10.8 Å². The van der Waals surface area contributed by atoms with Crippen molar-refractivity contribution >= 4 is 5.96 Å². The number of nitrogens with two attached hydrogens (primary N) is 1. The second-order valence-electron chi connectivity index (χ2n) is 4.10. The Hall–Kier alpha value is -1.79. The van der Waals surface area contributed by atoms with Crippen LogP contribution in [0.3, 0.4) is 0 Å². The number of benzene rings is 1. The molecule has 0 heterocycles. The molecule has 0 atom stereocenters. The van der Waals surface area contributed by atoms with Crippen LogP contribution in [0.1, 0.15) is 18.9 Å². The Bertz CT molecular complexity index is 410. The van der Waals surface area contributed by atoms with Crippen molar-refractivity contribution in [2.45, 2.75) is 19.9 Å². The molecule has 1 rings (SSSR count). The van der Waals surface area contributed by atoms with Crippen LogP contribution in [0.2, 0.25) is 0 Å². The van der Waals surface area contributed by atoms with E-state index in [0.29, 0.717) is 12.5 Å². The van der Waals surface area contributed by atoms with E-state index >= 15 is 0 Å². The first-order chi connectivity index (χ1) is 9.81. The Kier molecular flexibility index (Phi) is 8.17. The molecule has 0 aromatic heterocycles. The Labute approximate surface area is 120 Å². The second kappa shape index (κ2) is 10.1. The summed E-state index contributed by atoms with van der Waals surface area (Å²) in [5.74, 6) is 6.83. The van der Waals surface area contributed by atoms with Gasteiger partial charge in [-0.05, 0) is 19.4 Å². The summed E-state index contributed by atoms with van der Waals surface area (Å²) >= 11 is 0. The summed E-state index contributed by atoms with van der Waals surface area (Å²) in [6.07, 6.45) is 0.906. The first-order valence-corrected chi connectivity index (χ1v) is 6.76. The molecule has 1 aromatic rings. The average molecular weight is 280 g/mol. The highest BCUT2D eigenvalue weighted by atomic mass is 16.5. The van der Waals surface area contributed by atoms with Crippen LogP contribution in [0, 0.1) is 0 Å². The highest BCUT2D eigenvalue weighted by molar-refractivity contribution is 5.79. The van der Waals surface area contributed by atoms with Crippen LogP contribution in [0.15, 0.2) is 29.3 Å². The monoisotopic (exact) mass is 280 g/mol. The van der Waals surface area contributed by atoms with Gasteiger partial charge in [0, 0.05) is 25.3 Å². The summed E-state index contributed by atoms with van der Waals surface area (Å²) in [5.41, 5.74) is 3.57. The van der Waals surface area contributed by atoms with Gasteiger partial charge in [0.05, 0.1) is 13.7 Å². The molecule has 0 aliphatic rings. The number of nitrogens with one attached hydrogen (secondary N) is 2. The van der Waals surface area contributed by atoms with E-state index in [1.807, 2.05) is 31.2 Å². The summed E-state index contributed by atoms with van der Waals surface area (Å²) < 4.78 is 10.5. The van der Waals surface area contributed by atoms with Crippen LogP contribution in [-0.4, -0.2) is 32.8 Å². The smallest absolute Gasteiger partial charge is 0.206 e. The van der Waals surface area contributed by atoms with Crippen LogP contribution >= 0.6 is 0 Å². The van der Waals surface area contributed by atoms with Crippen LogP contribution in [0.25, 0.3) is 0 Å². The van der Waals surface area contributed by atoms with Crippen LogP contribution < -0.4 is 21.3 Å². The van der Waals surface area contributed by atoms with E-state index < -0.39 is 0 Å². The second-order valence-corrected chi connectivity index (χ2v) is 4.10. The van der Waals surface area contributed by atoms with Crippen molar-refractivity contribution < 1.29 is 9.47 Å². The minimum Gasteiger partial charge on any atom is -0.496 e. The van der Waals surface area contributed by atoms with E-state index in [-0.39, 0.29) is 0 Å². The molecule has 6 nitrogen and oxygen atoms in total. The van der Waals surface area contributed by atoms with Gasteiger partial charge in [0.25, 0.3) is 0 Å². The molecule has 4 N–H and O–H groups in total. The van der Waals surface area contributed by atoms with Crippen LogP contribution in [0.4, 0.5) is 0 Å². The molecule has 0 spiro atoms. The molecule has 0 saturated carbocycles. The van der Waals surface area contributed by atoms with E-state index in [2.05, 4.69) is 15.7 Å². The van der Waals surface area contributed by atoms with Crippen molar-refractivity contribution in [3.63, 3.8) is 0 Å². The predicted molar refractivity (Wildman–Crippen MR) is 80.6 cm³/mol. The highest BCUT2D eigenvalue weighted by Crippen LogP contribution is 2.17. The number of aliphatic imine (C=N–C) groups is 1. The number of ether oxygens (including phenoxy) is 2. The number of hydrogen-bond donors (Lipinski definition) is 3. The van der Waals surface area contributed by atoms with E-state index in [9.17, 15) is 0 Å². The summed E-state index contributed by atoms with van der Waals surface area (Å²) in [6.45, 7) is 4.71. The van der Waals surface area contributed by atoms with Gasteiger partial charge >= 0.3 is 0 Å². The molecule has 0 bridgehead atoms. The zero-order chi connectivity index (χ0) is 14.6. The average Bonchev–Trinajstić information content (AvgIpc) is 2.50. The van der Waals surface area contributed by atoms with E-state index in [1.165, 1.54) is 0 Å². The molecule has 0 fully saturated rings. The van der Waals surface area contributed by atoms with E-state index in [0.717, 1.165) is 37.5 Å². The number of rotatable bonds is 8. The SMILES string of the molecule is CCOCCCNC(=NCc1ccccc1OC)NN. The van der Waals surface area contributed by atoms with Crippen molar-refractivity contribution in [2.24, 2.45) is 10.8 Å². The van der Waals surface area contributed by atoms with Gasteiger partial charge in [0.1, 0.15) is 5.75 Å². The Morgan fingerprint density at radius 1 is 1.35 bits per heavy atom. The van der Waals surface area contributed by atoms with Crippen molar-refractivity contribution in [3.05, 3.63) is 29.8 Å². The minimum atomic E-state index is 0.502. The Morgan fingerprint density at radius 3 is 2.85 bits per heavy atom. The number of para-hydroxylation sites is 1. The normalized spacial score (nSPS) is 11.2. The van der Waals surface area contributed by atoms with Crippen LogP contribution in [-0.2, 0) is 11.3 Å². The number of hydrazine groups is 1. The molecule has 0 aliphatic heterocycles. The lowest BCUT2D eigenvalue weighted by molar-refractivity contribution is 0.145. The van der Waals surface area contributed by atoms with Gasteiger partial charge in [-0.15, -0.1) is 0 Å². The molecule has 20 heavy (non-hydrogen) atoms. The summed E-state index contributed by atoms with van der Waals surface area (Å²) in [4.78, 5) is 4.39. The lowest BCUT2D eigenvalue weighted by Crippen LogP contribution is -2.42. The summed E-state index contributed by atoms with van der Waals surface area (Å²) in [5, 5.41) is 3.13. The number of hydrogen-bond acceptors (Lipinski definition) is 4. The summed E-state index contributed by atoms with van der Waals surface area (Å²) in [6, 6.07) is 7.78. The first-order valence-electron chi connectivity index (χ1n) is 6.76. The van der Waals surface area contributed by atoms with Crippen molar-refractivity contribution in [1.82, 2.24) is 10.7 Å². The van der Waals surface area contributed by atoms with Gasteiger partial charge in [-0.1, -0.05) is 18.2 Å². The third-order valence-electron chi connectivity index (χ3n) is 2.70. The fourth-order valence-corrected chi connectivity index (χ4v) is 1.68. The molecule has 0 saturated heterocycles. The Balaban J connectivity index is 2.44. The molecule has 1 aromatic carbocycles. The molecule has 6 heteroatoms. The van der Waals surface area contributed by atoms with Gasteiger partial charge in [-0.2, -0.15) is 0 Å². The number of methoxy groups -OCH3 is 1. The third-order valence-corrected chi connectivity index (χ3v) is 2.70. The molecular weight excluding hydrogens is 256 g/mol. The molecule has 112 valence electrons. The third kappa shape index (κ3) is 5.90. The zero-order valence-electron chi connectivity index (χ0n) is 12.2. The van der Waals surface area contributed by atoms with E-state index in [1.54, 1.807) is 7.11 Å². The zero-order valence-corrected chi connectivity index (χ0v) is 12.2. The molecule has 0 aliphatic carbocycles. The number of nitrogens with zero attached hydrogens (tertiary/aromatic N) is 1. The molecular formula is C14H24N4O2. The minimum absolute atomic E-state index is 0.502. The van der Waals surface area contributed by atoms with Crippen molar-refractivity contribution in [1.29, 1.82) is 0 Å². The van der Waals surface area contributed by atoms with Gasteiger partial charge in [-0.3, -0.25) is 5.43 Å². The maximum absolute atomic E-state index is 5.44. The van der Waals surface area contributed by atoms with Crippen molar-refractivity contribution in [2.75, 3.05) is 26.9 Å². The van der Waals surface area contributed by atoms with Crippen molar-refractivity contribution in [3.8, 4) is 5.75 Å². The fraction of sp³-hybridized carbons (Fsp3) is 0.500. The topological polar surface area (TPSA) is 80.9 Å². The molecule has 0 unspecified atom stereocenters. The largest absolute Gasteiger partial charge is 0.496 e. The van der Waals surface area contributed by atoms with Gasteiger partial charge in [0.15, 0.2) is 0 Å². The lowest BCUT2D eigenvalue weighted by atomic mass is 10.2. The number of guanidine groups is 1. The maximum atomic E-state index is 5.44. The molecule has 0 amide bonds.